The number of aliphatic hydroxyl groups is 1. The van der Waals surface area contributed by atoms with Gasteiger partial charge in [-0.05, 0) is 12.8 Å². The summed E-state index contributed by atoms with van der Waals surface area (Å²) in [6, 6.07) is 0. The highest BCUT2D eigenvalue weighted by atomic mass is 79.9. The number of hydrogen-bond donors (Lipinski definition) is 2. The SMILES string of the molecule is Nc1c2ncn([C@H]3CC[C@@H](CO)O3)c2nc(Br)[n+]1[O-]. The molecule has 3 N–H and O–H groups in total. The Labute approximate surface area is 116 Å². The Bertz CT molecular complexity index is 631. The first-order valence-electron chi connectivity index (χ1n) is 5.79. The van der Waals surface area contributed by atoms with Gasteiger partial charge in [0.05, 0.1) is 12.7 Å². The summed E-state index contributed by atoms with van der Waals surface area (Å²) in [6.45, 7) is -0.0110. The van der Waals surface area contributed by atoms with Crippen molar-refractivity contribution < 1.29 is 14.6 Å². The van der Waals surface area contributed by atoms with Crippen LogP contribution in [0.5, 0.6) is 0 Å². The summed E-state index contributed by atoms with van der Waals surface area (Å²) >= 11 is 3.06. The van der Waals surface area contributed by atoms with Gasteiger partial charge in [-0.15, -0.1) is 0 Å². The van der Waals surface area contributed by atoms with Crippen LogP contribution in [0.15, 0.2) is 11.1 Å². The number of ether oxygens (including phenoxy) is 1. The highest BCUT2D eigenvalue weighted by Crippen LogP contribution is 2.30. The third-order valence-corrected chi connectivity index (χ3v) is 3.69. The van der Waals surface area contributed by atoms with E-state index in [9.17, 15) is 5.21 Å². The van der Waals surface area contributed by atoms with Crippen molar-refractivity contribution in [1.29, 1.82) is 0 Å². The Balaban J connectivity index is 2.06. The Morgan fingerprint density at radius 2 is 2.42 bits per heavy atom. The van der Waals surface area contributed by atoms with Crippen LogP contribution in [0.3, 0.4) is 0 Å². The van der Waals surface area contributed by atoms with Crippen LogP contribution < -0.4 is 10.5 Å². The molecule has 1 aliphatic rings. The lowest BCUT2D eigenvalue weighted by molar-refractivity contribution is -0.604. The summed E-state index contributed by atoms with van der Waals surface area (Å²) in [5, 5.41) is 20.7. The minimum atomic E-state index is -0.247. The lowest BCUT2D eigenvalue weighted by atomic mass is 10.2. The normalized spacial score (nSPS) is 23.3. The van der Waals surface area contributed by atoms with Crippen LogP contribution in [0.2, 0.25) is 0 Å². The fourth-order valence-electron chi connectivity index (χ4n) is 2.21. The molecule has 0 amide bonds. The minimum absolute atomic E-state index is 0.00710. The molecule has 0 aromatic carbocycles. The summed E-state index contributed by atoms with van der Waals surface area (Å²) in [5.41, 5.74) is 6.54. The van der Waals surface area contributed by atoms with Crippen LogP contribution in [-0.2, 0) is 4.74 Å². The van der Waals surface area contributed by atoms with Gasteiger partial charge in [0.2, 0.25) is 5.65 Å². The molecule has 0 unspecified atom stereocenters. The molecule has 102 valence electrons. The molecule has 1 saturated heterocycles. The highest BCUT2D eigenvalue weighted by molar-refractivity contribution is 9.10. The summed E-state index contributed by atoms with van der Waals surface area (Å²) in [5.74, 6) is -0.00710. The number of nitrogens with two attached hydrogens (primary N) is 1. The topological polar surface area (TPSA) is 113 Å². The number of anilines is 1. The van der Waals surface area contributed by atoms with Crippen LogP contribution in [0.1, 0.15) is 19.1 Å². The van der Waals surface area contributed by atoms with Crippen LogP contribution in [-0.4, -0.2) is 32.4 Å². The van der Waals surface area contributed by atoms with Crippen LogP contribution in [0.25, 0.3) is 11.2 Å². The van der Waals surface area contributed by atoms with Crippen LogP contribution in [0, 0.1) is 5.21 Å². The fraction of sp³-hybridized carbons (Fsp3) is 0.500. The quantitative estimate of drug-likeness (QED) is 0.458. The van der Waals surface area contributed by atoms with Crippen molar-refractivity contribution in [3.05, 3.63) is 16.3 Å². The maximum Gasteiger partial charge on any atom is 0.309 e. The standard InChI is InChI=1S/C10H12BrN5O3/c11-10-14-9-7(8(12)16(10)18)13-4-15(9)6-2-1-5(3-17)19-6/h4-6,17H,1-3,12H2/t5-,6+/m0/s1. The van der Waals surface area contributed by atoms with Gasteiger partial charge in [0, 0.05) is 15.9 Å². The monoisotopic (exact) mass is 329 g/mol. The Morgan fingerprint density at radius 1 is 1.63 bits per heavy atom. The smallest absolute Gasteiger partial charge is 0.309 e. The molecular formula is C10H12BrN5O3. The first-order chi connectivity index (χ1) is 9.11. The number of aliphatic hydroxyl groups excluding tert-OH is 1. The zero-order valence-corrected chi connectivity index (χ0v) is 11.4. The number of nitrogens with zero attached hydrogens (tertiary/aromatic N) is 4. The summed E-state index contributed by atoms with van der Waals surface area (Å²) in [6.07, 6.45) is 2.65. The first kappa shape index (κ1) is 12.6. The van der Waals surface area contributed by atoms with Gasteiger partial charge in [-0.25, -0.2) is 9.71 Å². The van der Waals surface area contributed by atoms with Crippen molar-refractivity contribution in [3.8, 4) is 0 Å². The second-order valence-corrected chi connectivity index (χ2v) is 5.07. The maximum atomic E-state index is 11.6. The van der Waals surface area contributed by atoms with Crippen LogP contribution >= 0.6 is 15.9 Å². The van der Waals surface area contributed by atoms with Crippen LogP contribution in [0.4, 0.5) is 5.82 Å². The van der Waals surface area contributed by atoms with E-state index < -0.39 is 0 Å². The van der Waals surface area contributed by atoms with Crippen molar-refractivity contribution in [2.24, 2.45) is 0 Å². The van der Waals surface area contributed by atoms with Gasteiger partial charge in [-0.2, -0.15) is 0 Å². The van der Waals surface area contributed by atoms with E-state index in [1.807, 2.05) is 0 Å². The number of fused-ring (bicyclic) bond motifs is 1. The molecule has 3 rings (SSSR count). The first-order valence-corrected chi connectivity index (χ1v) is 6.58. The van der Waals surface area contributed by atoms with Crippen molar-refractivity contribution in [3.63, 3.8) is 0 Å². The predicted octanol–water partition coefficient (Wildman–Crippen LogP) is 0.0793. The predicted molar refractivity (Wildman–Crippen MR) is 68.8 cm³/mol. The molecule has 2 atom stereocenters. The number of nitrogen functional groups attached to an aromatic ring is 1. The van der Waals surface area contributed by atoms with Crippen molar-refractivity contribution in [1.82, 2.24) is 14.5 Å². The molecule has 19 heavy (non-hydrogen) atoms. The lowest BCUT2D eigenvalue weighted by Gasteiger charge is -2.13. The summed E-state index contributed by atoms with van der Waals surface area (Å²) < 4.78 is 7.95. The maximum absolute atomic E-state index is 11.6. The molecule has 0 radical (unpaired) electrons. The average molecular weight is 330 g/mol. The van der Waals surface area contributed by atoms with E-state index in [4.69, 9.17) is 15.6 Å². The van der Waals surface area contributed by atoms with Gasteiger partial charge in [0.25, 0.3) is 5.82 Å². The van der Waals surface area contributed by atoms with E-state index in [-0.39, 0.29) is 29.5 Å². The highest BCUT2D eigenvalue weighted by Gasteiger charge is 2.29. The molecule has 3 heterocycles. The third kappa shape index (κ3) is 1.94. The van der Waals surface area contributed by atoms with Crippen molar-refractivity contribution in [2.45, 2.75) is 25.2 Å². The molecule has 2 aromatic heterocycles. The molecule has 1 fully saturated rings. The zero-order valence-electron chi connectivity index (χ0n) is 9.86. The number of aromatic nitrogens is 4. The molecule has 1 aliphatic heterocycles. The average Bonchev–Trinajstić information content (AvgIpc) is 3.01. The number of hydrogen-bond acceptors (Lipinski definition) is 6. The largest absolute Gasteiger partial charge is 0.739 e. The number of imidazole rings is 1. The van der Waals surface area contributed by atoms with E-state index in [1.54, 1.807) is 10.9 Å². The molecule has 0 aliphatic carbocycles. The van der Waals surface area contributed by atoms with Gasteiger partial charge >= 0.3 is 4.73 Å². The van der Waals surface area contributed by atoms with E-state index in [1.165, 1.54) is 0 Å². The van der Waals surface area contributed by atoms with E-state index in [0.29, 0.717) is 15.9 Å². The minimum Gasteiger partial charge on any atom is -0.739 e. The Hall–Kier alpha value is -1.45. The van der Waals surface area contributed by atoms with Crippen molar-refractivity contribution >= 4 is 32.9 Å². The number of halogens is 1. The Kier molecular flexibility index (Phi) is 3.03. The van der Waals surface area contributed by atoms with E-state index >= 15 is 0 Å². The second-order valence-electron chi connectivity index (χ2n) is 4.36. The van der Waals surface area contributed by atoms with Gasteiger partial charge in [-0.3, -0.25) is 4.57 Å². The molecule has 0 saturated carbocycles. The molecular weight excluding hydrogens is 318 g/mol. The number of rotatable bonds is 2. The molecule has 8 nitrogen and oxygen atoms in total. The molecule has 0 spiro atoms. The second kappa shape index (κ2) is 4.58. The molecule has 2 aromatic rings. The van der Waals surface area contributed by atoms with Gasteiger partial charge in [0.15, 0.2) is 5.52 Å². The molecule has 9 heteroatoms. The van der Waals surface area contributed by atoms with Gasteiger partial charge < -0.3 is 20.8 Å². The summed E-state index contributed by atoms with van der Waals surface area (Å²) in [4.78, 5) is 8.24. The molecule has 0 bridgehead atoms. The third-order valence-electron chi connectivity index (χ3n) is 3.19. The summed E-state index contributed by atoms with van der Waals surface area (Å²) in [7, 11) is 0. The van der Waals surface area contributed by atoms with E-state index in [2.05, 4.69) is 25.9 Å². The lowest BCUT2D eigenvalue weighted by Crippen LogP contribution is -2.33. The fourth-order valence-corrected chi connectivity index (χ4v) is 2.57. The van der Waals surface area contributed by atoms with Crippen molar-refractivity contribution in [2.75, 3.05) is 12.3 Å². The zero-order chi connectivity index (χ0) is 13.6. The van der Waals surface area contributed by atoms with Gasteiger partial charge in [0.1, 0.15) is 12.6 Å². The Morgan fingerprint density at radius 3 is 3.11 bits per heavy atom. The van der Waals surface area contributed by atoms with Gasteiger partial charge in [-0.1, -0.05) is 4.98 Å². The van der Waals surface area contributed by atoms with E-state index in [0.717, 1.165) is 12.8 Å².